The molecule has 3 heterocycles. The van der Waals surface area contributed by atoms with Crippen molar-refractivity contribution < 1.29 is 9.32 Å². The summed E-state index contributed by atoms with van der Waals surface area (Å²) in [6.07, 6.45) is 2.90. The number of aromatic nitrogens is 3. The number of hydrogen-bond donors (Lipinski definition) is 1. The minimum absolute atomic E-state index is 0.0985. The third-order valence-corrected chi connectivity index (χ3v) is 6.66. The van der Waals surface area contributed by atoms with E-state index >= 15 is 0 Å². The fraction of sp³-hybridized carbons (Fsp3) is 0.273. The number of carbonyl (C=O) groups is 1. The first-order valence-electron chi connectivity index (χ1n) is 9.88. The lowest BCUT2D eigenvalue weighted by molar-refractivity contribution is 0.0997. The molecule has 4 aromatic rings. The third kappa shape index (κ3) is 3.13. The van der Waals surface area contributed by atoms with Gasteiger partial charge in [-0.1, -0.05) is 42.4 Å². The van der Waals surface area contributed by atoms with Crippen LogP contribution in [0.1, 0.15) is 40.1 Å². The second kappa shape index (κ2) is 7.21. The van der Waals surface area contributed by atoms with Crippen LogP contribution in [0.4, 0.5) is 0 Å². The highest BCUT2D eigenvalue weighted by Gasteiger charge is 2.25. The fourth-order valence-corrected chi connectivity index (χ4v) is 5.32. The summed E-state index contributed by atoms with van der Waals surface area (Å²) >= 11 is 1.59. The van der Waals surface area contributed by atoms with Gasteiger partial charge in [-0.2, -0.15) is 0 Å². The average molecular weight is 420 g/mol. The predicted molar refractivity (Wildman–Crippen MR) is 115 cm³/mol. The van der Waals surface area contributed by atoms with Crippen LogP contribution in [0.3, 0.4) is 0 Å². The zero-order valence-electron chi connectivity index (χ0n) is 16.6. The maximum atomic E-state index is 13.2. The summed E-state index contributed by atoms with van der Waals surface area (Å²) in [5, 5.41) is 4.48. The zero-order chi connectivity index (χ0) is 20.8. The van der Waals surface area contributed by atoms with Crippen LogP contribution >= 0.6 is 11.3 Å². The largest absolute Gasteiger partial charge is 0.355 e. The molecule has 0 radical (unpaired) electrons. The van der Waals surface area contributed by atoms with Gasteiger partial charge in [-0.25, -0.2) is 9.66 Å². The van der Waals surface area contributed by atoms with Gasteiger partial charge in [0.15, 0.2) is 11.5 Å². The Bertz CT molecular complexity index is 1320. The average Bonchev–Trinajstić information content (AvgIpc) is 3.36. The van der Waals surface area contributed by atoms with Crippen molar-refractivity contribution >= 4 is 27.5 Å². The molecule has 1 aliphatic rings. The highest BCUT2D eigenvalue weighted by molar-refractivity contribution is 7.18. The van der Waals surface area contributed by atoms with Gasteiger partial charge in [0.05, 0.1) is 5.39 Å². The molecule has 1 amide bonds. The minimum atomic E-state index is -0.523. The number of aryl methyl sites for hydroxylation is 2. The van der Waals surface area contributed by atoms with Crippen LogP contribution in [0.15, 0.2) is 45.7 Å². The van der Waals surface area contributed by atoms with E-state index in [1.54, 1.807) is 24.3 Å². The molecule has 1 aromatic carbocycles. The molecule has 5 rings (SSSR count). The molecule has 1 atom stereocenters. The van der Waals surface area contributed by atoms with E-state index in [0.29, 0.717) is 22.9 Å². The molecular formula is C22H20N4O3S. The van der Waals surface area contributed by atoms with E-state index in [-0.39, 0.29) is 11.3 Å². The number of carbonyl (C=O) groups excluding carboxylic acids is 1. The first-order chi connectivity index (χ1) is 14.5. The van der Waals surface area contributed by atoms with E-state index in [2.05, 4.69) is 22.5 Å². The van der Waals surface area contributed by atoms with Crippen molar-refractivity contribution in [1.82, 2.24) is 14.8 Å². The lowest BCUT2D eigenvalue weighted by Gasteiger charge is -2.17. The van der Waals surface area contributed by atoms with E-state index in [0.717, 1.165) is 35.2 Å². The molecule has 0 fully saturated rings. The topological polar surface area (TPSA) is 90.0 Å². The number of thiophene rings is 1. The van der Waals surface area contributed by atoms with E-state index in [1.807, 2.05) is 30.3 Å². The van der Waals surface area contributed by atoms with Crippen molar-refractivity contribution in [3.8, 4) is 11.3 Å². The fourth-order valence-electron chi connectivity index (χ4n) is 3.90. The van der Waals surface area contributed by atoms with E-state index < -0.39 is 5.91 Å². The first-order valence-corrected chi connectivity index (χ1v) is 10.7. The lowest BCUT2D eigenvalue weighted by atomic mass is 9.89. The molecule has 1 N–H and O–H groups in total. The SMILES string of the molecule is Cc1nc2sc3c(c2c(=O)n1NC(=O)c1cc(-c2ccccc2)on1)CC[C@H](C)C3. The quantitative estimate of drug-likeness (QED) is 0.542. The summed E-state index contributed by atoms with van der Waals surface area (Å²) < 4.78 is 6.51. The molecule has 0 bridgehead atoms. The second-order valence-corrected chi connectivity index (χ2v) is 8.80. The Morgan fingerprint density at radius 2 is 2.10 bits per heavy atom. The maximum Gasteiger partial charge on any atom is 0.292 e. The summed E-state index contributed by atoms with van der Waals surface area (Å²) in [5.74, 6) is 1.00. The molecule has 0 saturated heterocycles. The number of nitrogens with zero attached hydrogens (tertiary/aromatic N) is 3. The van der Waals surface area contributed by atoms with Crippen molar-refractivity contribution in [2.75, 3.05) is 5.43 Å². The summed E-state index contributed by atoms with van der Waals surface area (Å²) in [4.78, 5) is 32.6. The van der Waals surface area contributed by atoms with Crippen molar-refractivity contribution in [3.05, 3.63) is 68.7 Å². The normalized spacial score (nSPS) is 15.9. The Morgan fingerprint density at radius 1 is 1.30 bits per heavy atom. The van der Waals surface area contributed by atoms with Gasteiger partial charge in [-0.3, -0.25) is 15.0 Å². The summed E-state index contributed by atoms with van der Waals surface area (Å²) in [6.45, 7) is 3.94. The van der Waals surface area contributed by atoms with Crippen molar-refractivity contribution in [2.45, 2.75) is 33.1 Å². The minimum Gasteiger partial charge on any atom is -0.355 e. The number of benzene rings is 1. The molecule has 1 aliphatic carbocycles. The van der Waals surface area contributed by atoms with Gasteiger partial charge >= 0.3 is 0 Å². The molecule has 0 aliphatic heterocycles. The van der Waals surface area contributed by atoms with Crippen LogP contribution < -0.4 is 11.0 Å². The molecular weight excluding hydrogens is 400 g/mol. The third-order valence-electron chi connectivity index (χ3n) is 5.51. The van der Waals surface area contributed by atoms with E-state index in [9.17, 15) is 9.59 Å². The van der Waals surface area contributed by atoms with Gasteiger partial charge < -0.3 is 4.52 Å². The van der Waals surface area contributed by atoms with Crippen LogP contribution in [-0.4, -0.2) is 20.7 Å². The van der Waals surface area contributed by atoms with Crippen molar-refractivity contribution in [2.24, 2.45) is 5.92 Å². The number of hydrogen-bond acceptors (Lipinski definition) is 6. The van der Waals surface area contributed by atoms with Gasteiger partial charge in [0.2, 0.25) is 0 Å². The standard InChI is InChI=1S/C22H20N4O3S/c1-12-8-9-15-18(10-12)30-21-19(15)22(28)26(13(2)23-21)24-20(27)16-11-17(29-25-16)14-6-4-3-5-7-14/h3-7,11-12H,8-10H2,1-2H3,(H,24,27)/t12-/m0/s1. The van der Waals surface area contributed by atoms with Crippen LogP contribution in [0, 0.1) is 12.8 Å². The molecule has 3 aromatic heterocycles. The summed E-state index contributed by atoms with van der Waals surface area (Å²) in [5.41, 5.74) is 4.40. The first kappa shape index (κ1) is 18.7. The second-order valence-electron chi connectivity index (χ2n) is 7.71. The molecule has 0 unspecified atom stereocenters. The highest BCUT2D eigenvalue weighted by atomic mass is 32.1. The smallest absolute Gasteiger partial charge is 0.292 e. The van der Waals surface area contributed by atoms with Crippen LogP contribution in [0.25, 0.3) is 21.5 Å². The van der Waals surface area contributed by atoms with Gasteiger partial charge in [0.25, 0.3) is 11.5 Å². The Hall–Kier alpha value is -3.26. The lowest BCUT2D eigenvalue weighted by Crippen LogP contribution is -2.35. The number of fused-ring (bicyclic) bond motifs is 3. The van der Waals surface area contributed by atoms with E-state index in [1.165, 1.54) is 9.55 Å². The van der Waals surface area contributed by atoms with Crippen molar-refractivity contribution in [3.63, 3.8) is 0 Å². The monoisotopic (exact) mass is 420 g/mol. The maximum absolute atomic E-state index is 13.2. The Labute approximate surface area is 176 Å². The molecule has 8 heteroatoms. The summed E-state index contributed by atoms with van der Waals surface area (Å²) in [7, 11) is 0. The number of amides is 1. The molecule has 0 saturated carbocycles. The van der Waals surface area contributed by atoms with E-state index in [4.69, 9.17) is 4.52 Å². The number of rotatable bonds is 3. The molecule has 0 spiro atoms. The zero-order valence-corrected chi connectivity index (χ0v) is 17.5. The predicted octanol–water partition coefficient (Wildman–Crippen LogP) is 3.93. The van der Waals surface area contributed by atoms with Crippen LogP contribution in [-0.2, 0) is 12.8 Å². The van der Waals surface area contributed by atoms with Gasteiger partial charge in [0.1, 0.15) is 10.7 Å². The Kier molecular flexibility index (Phi) is 4.51. The van der Waals surface area contributed by atoms with Gasteiger partial charge in [-0.05, 0) is 37.7 Å². The van der Waals surface area contributed by atoms with Crippen LogP contribution in [0.2, 0.25) is 0 Å². The molecule has 7 nitrogen and oxygen atoms in total. The summed E-state index contributed by atoms with van der Waals surface area (Å²) in [6, 6.07) is 11.0. The van der Waals surface area contributed by atoms with Gasteiger partial charge in [0, 0.05) is 16.5 Å². The van der Waals surface area contributed by atoms with Gasteiger partial charge in [-0.15, -0.1) is 11.3 Å². The van der Waals surface area contributed by atoms with Crippen molar-refractivity contribution in [1.29, 1.82) is 0 Å². The Morgan fingerprint density at radius 3 is 2.90 bits per heavy atom. The Balaban J connectivity index is 1.49. The van der Waals surface area contributed by atoms with Crippen LogP contribution in [0.5, 0.6) is 0 Å². The number of nitrogens with one attached hydrogen (secondary N) is 1. The molecule has 152 valence electrons. The highest BCUT2D eigenvalue weighted by Crippen LogP contribution is 2.35. The molecule has 30 heavy (non-hydrogen) atoms.